The molecule has 0 aliphatic heterocycles. The zero-order chi connectivity index (χ0) is 10.3. The smallest absolute Gasteiger partial charge is 0.389 e. The quantitative estimate of drug-likeness (QED) is 0.616. The van der Waals surface area contributed by atoms with Crippen molar-refractivity contribution in [1.82, 2.24) is 5.32 Å². The zero-order valence-corrected chi connectivity index (χ0v) is 7.40. The predicted octanol–water partition coefficient (Wildman–Crippen LogP) is 0.536. The Morgan fingerprint density at radius 1 is 1.46 bits per heavy atom. The summed E-state index contributed by atoms with van der Waals surface area (Å²) < 4.78 is 39.3. The highest BCUT2D eigenvalue weighted by Crippen LogP contribution is 2.18. The van der Waals surface area contributed by atoms with Crippen LogP contribution in [0.5, 0.6) is 0 Å². The van der Waals surface area contributed by atoms with Crippen LogP contribution in [0.15, 0.2) is 0 Å². The first-order chi connectivity index (χ1) is 5.95. The summed E-state index contributed by atoms with van der Waals surface area (Å²) in [7, 11) is 1.64. The maximum absolute atomic E-state index is 11.6. The molecule has 0 aromatic heterocycles. The highest BCUT2D eigenvalue weighted by Gasteiger charge is 2.26. The number of hydrogen-bond donors (Lipinski definition) is 2. The van der Waals surface area contributed by atoms with Gasteiger partial charge in [0.25, 0.3) is 0 Å². The Morgan fingerprint density at radius 2 is 2.08 bits per heavy atom. The Morgan fingerprint density at radius 3 is 2.54 bits per heavy atom. The minimum absolute atomic E-state index is 0.0725. The van der Waals surface area contributed by atoms with Crippen molar-refractivity contribution in [2.75, 3.05) is 26.8 Å². The van der Waals surface area contributed by atoms with Crippen LogP contribution < -0.4 is 5.32 Å². The van der Waals surface area contributed by atoms with E-state index in [1.165, 1.54) is 0 Å². The second-order valence-electron chi connectivity index (χ2n) is 2.65. The average molecular weight is 201 g/mol. The van der Waals surface area contributed by atoms with Crippen molar-refractivity contribution in [2.45, 2.75) is 18.7 Å². The third-order valence-corrected chi connectivity index (χ3v) is 1.28. The number of nitrogens with one attached hydrogen (secondary N) is 1. The Balaban J connectivity index is 3.25. The number of aliphatic hydroxyl groups excluding tert-OH is 1. The molecule has 0 bridgehead atoms. The van der Waals surface area contributed by atoms with Crippen LogP contribution in [0.25, 0.3) is 0 Å². The molecule has 1 atom stereocenters. The molecule has 2 N–H and O–H groups in total. The largest absolute Gasteiger partial charge is 0.391 e. The molecule has 0 aromatic rings. The first-order valence-corrected chi connectivity index (χ1v) is 3.93. The molecule has 0 rings (SSSR count). The van der Waals surface area contributed by atoms with Gasteiger partial charge >= 0.3 is 6.18 Å². The fraction of sp³-hybridized carbons (Fsp3) is 1.00. The molecule has 0 aromatic carbocycles. The van der Waals surface area contributed by atoms with E-state index in [0.717, 1.165) is 0 Å². The normalized spacial score (nSPS) is 14.5. The first kappa shape index (κ1) is 12.7. The van der Waals surface area contributed by atoms with E-state index in [-0.39, 0.29) is 6.61 Å². The fourth-order valence-corrected chi connectivity index (χ4v) is 0.702. The Hall–Kier alpha value is -0.330. The van der Waals surface area contributed by atoms with E-state index in [2.05, 4.69) is 10.1 Å². The van der Waals surface area contributed by atoms with Crippen molar-refractivity contribution in [2.24, 2.45) is 0 Å². The number of alkyl halides is 3. The molecule has 0 saturated carbocycles. The Labute approximate surface area is 74.9 Å². The number of rotatable bonds is 6. The van der Waals surface area contributed by atoms with Gasteiger partial charge in [0, 0.05) is 6.54 Å². The van der Waals surface area contributed by atoms with Crippen LogP contribution in [-0.4, -0.2) is 44.2 Å². The first-order valence-electron chi connectivity index (χ1n) is 3.93. The molecular weight excluding hydrogens is 187 g/mol. The van der Waals surface area contributed by atoms with Gasteiger partial charge in [-0.1, -0.05) is 0 Å². The highest BCUT2D eigenvalue weighted by molar-refractivity contribution is 4.56. The number of aliphatic hydroxyl groups is 1. The van der Waals surface area contributed by atoms with Crippen LogP contribution in [0.3, 0.4) is 0 Å². The van der Waals surface area contributed by atoms with E-state index < -0.39 is 25.3 Å². The summed E-state index contributed by atoms with van der Waals surface area (Å²) in [4.78, 5) is 0. The topological polar surface area (TPSA) is 41.5 Å². The fourth-order valence-electron chi connectivity index (χ4n) is 0.702. The summed E-state index contributed by atoms with van der Waals surface area (Å²) in [5.74, 6) is 0. The molecule has 0 aliphatic carbocycles. The van der Waals surface area contributed by atoms with Gasteiger partial charge in [0.1, 0.15) is 0 Å². The lowest BCUT2D eigenvalue weighted by Gasteiger charge is -2.11. The second kappa shape index (κ2) is 6.17. The van der Waals surface area contributed by atoms with E-state index in [1.54, 1.807) is 7.05 Å². The van der Waals surface area contributed by atoms with E-state index in [9.17, 15) is 13.2 Å². The second-order valence-corrected chi connectivity index (χ2v) is 2.65. The van der Waals surface area contributed by atoms with Crippen molar-refractivity contribution in [3.8, 4) is 0 Å². The van der Waals surface area contributed by atoms with Gasteiger partial charge in [-0.2, -0.15) is 13.2 Å². The van der Waals surface area contributed by atoms with Crippen molar-refractivity contribution in [3.05, 3.63) is 0 Å². The van der Waals surface area contributed by atoms with Crippen molar-refractivity contribution < 1.29 is 23.0 Å². The van der Waals surface area contributed by atoms with Crippen LogP contribution in [0.2, 0.25) is 0 Å². The Bertz CT molecular complexity index is 129. The lowest BCUT2D eigenvalue weighted by atomic mass is 10.4. The minimum atomic E-state index is -4.19. The summed E-state index contributed by atoms with van der Waals surface area (Å²) in [5.41, 5.74) is 0. The van der Waals surface area contributed by atoms with E-state index >= 15 is 0 Å². The molecule has 3 nitrogen and oxygen atoms in total. The monoisotopic (exact) mass is 201 g/mol. The summed E-state index contributed by atoms with van der Waals surface area (Å²) in [6.07, 6.45) is -5.91. The van der Waals surface area contributed by atoms with Crippen LogP contribution in [0, 0.1) is 0 Å². The molecule has 0 heterocycles. The lowest BCUT2D eigenvalue weighted by molar-refractivity contribution is -0.147. The molecule has 0 saturated heterocycles. The highest BCUT2D eigenvalue weighted by atomic mass is 19.4. The maximum Gasteiger partial charge on any atom is 0.391 e. The molecule has 6 heteroatoms. The van der Waals surface area contributed by atoms with Gasteiger partial charge in [-0.15, -0.1) is 0 Å². The van der Waals surface area contributed by atoms with Gasteiger partial charge in [-0.05, 0) is 7.05 Å². The zero-order valence-electron chi connectivity index (χ0n) is 7.40. The molecule has 0 fully saturated rings. The minimum Gasteiger partial charge on any atom is -0.389 e. The van der Waals surface area contributed by atoms with Gasteiger partial charge in [-0.3, -0.25) is 0 Å². The molecular formula is C7H14F3NO2. The van der Waals surface area contributed by atoms with Crippen LogP contribution >= 0.6 is 0 Å². The van der Waals surface area contributed by atoms with Gasteiger partial charge < -0.3 is 15.2 Å². The molecule has 0 aliphatic rings. The summed E-state index contributed by atoms with van der Waals surface area (Å²) in [6, 6.07) is 0. The van der Waals surface area contributed by atoms with Crippen LogP contribution in [0.4, 0.5) is 13.2 Å². The molecule has 0 radical (unpaired) electrons. The van der Waals surface area contributed by atoms with Gasteiger partial charge in [0.2, 0.25) is 0 Å². The van der Waals surface area contributed by atoms with Crippen molar-refractivity contribution in [1.29, 1.82) is 0 Å². The molecule has 13 heavy (non-hydrogen) atoms. The van der Waals surface area contributed by atoms with Crippen LogP contribution in [0.1, 0.15) is 6.42 Å². The van der Waals surface area contributed by atoms with Crippen molar-refractivity contribution in [3.63, 3.8) is 0 Å². The predicted molar refractivity (Wildman–Crippen MR) is 41.4 cm³/mol. The standard InChI is InChI=1S/C7H14F3NO2/c1-11-4-6(12)5-13-3-2-7(8,9)10/h6,11-12H,2-5H2,1H3. The Kier molecular flexibility index (Phi) is 6.02. The summed E-state index contributed by atoms with van der Waals surface area (Å²) >= 11 is 0. The average Bonchev–Trinajstić information content (AvgIpc) is 1.97. The third-order valence-electron chi connectivity index (χ3n) is 1.28. The van der Waals surface area contributed by atoms with E-state index in [0.29, 0.717) is 6.54 Å². The molecule has 80 valence electrons. The number of halogens is 3. The number of hydrogen-bond acceptors (Lipinski definition) is 3. The SMILES string of the molecule is CNCC(O)COCCC(F)(F)F. The van der Waals surface area contributed by atoms with E-state index in [1.807, 2.05) is 0 Å². The number of ether oxygens (including phenoxy) is 1. The lowest BCUT2D eigenvalue weighted by Crippen LogP contribution is -2.28. The third kappa shape index (κ3) is 9.59. The summed E-state index contributed by atoms with van der Waals surface area (Å²) in [5, 5.41) is 11.7. The van der Waals surface area contributed by atoms with Gasteiger partial charge in [0.15, 0.2) is 0 Å². The van der Waals surface area contributed by atoms with Gasteiger partial charge in [0.05, 0.1) is 25.7 Å². The number of likely N-dealkylation sites (N-methyl/N-ethyl adjacent to an activating group) is 1. The maximum atomic E-state index is 11.6. The van der Waals surface area contributed by atoms with Gasteiger partial charge in [-0.25, -0.2) is 0 Å². The van der Waals surface area contributed by atoms with Crippen molar-refractivity contribution >= 4 is 0 Å². The molecule has 0 amide bonds. The van der Waals surface area contributed by atoms with E-state index in [4.69, 9.17) is 5.11 Å². The molecule has 1 unspecified atom stereocenters. The summed E-state index contributed by atoms with van der Waals surface area (Å²) in [6.45, 7) is -0.160. The molecule has 0 spiro atoms. The van der Waals surface area contributed by atoms with Crippen LogP contribution in [-0.2, 0) is 4.74 Å².